The Morgan fingerprint density at radius 1 is 1.30 bits per heavy atom. The van der Waals surface area contributed by atoms with E-state index in [9.17, 15) is 14.4 Å². The summed E-state index contributed by atoms with van der Waals surface area (Å²) in [5.74, 6) is -0.443. The average Bonchev–Trinajstić information content (AvgIpc) is 2.88. The van der Waals surface area contributed by atoms with Gasteiger partial charge in [0.2, 0.25) is 11.8 Å². The zero-order valence-electron chi connectivity index (χ0n) is 16.7. The molecule has 0 spiro atoms. The van der Waals surface area contributed by atoms with Gasteiger partial charge >= 0.3 is 0 Å². The lowest BCUT2D eigenvalue weighted by Gasteiger charge is -2.26. The Bertz CT molecular complexity index is 777. The molecule has 30 heavy (non-hydrogen) atoms. The number of nitrogens with two attached hydrogens (primary N) is 1. The second-order valence-electron chi connectivity index (χ2n) is 7.08. The van der Waals surface area contributed by atoms with Crippen molar-refractivity contribution in [3.63, 3.8) is 0 Å². The molecule has 1 aliphatic carbocycles. The molecular formula is C21H27Cl2N3O3S. The van der Waals surface area contributed by atoms with Crippen LogP contribution in [0.5, 0.6) is 0 Å². The van der Waals surface area contributed by atoms with Crippen LogP contribution in [0.25, 0.3) is 0 Å². The van der Waals surface area contributed by atoms with E-state index >= 15 is 0 Å². The van der Waals surface area contributed by atoms with Gasteiger partial charge in [-0.1, -0.05) is 41.8 Å². The molecule has 2 aliphatic rings. The van der Waals surface area contributed by atoms with Crippen molar-refractivity contribution in [2.24, 2.45) is 11.7 Å². The van der Waals surface area contributed by atoms with Crippen LogP contribution in [0.1, 0.15) is 38.5 Å². The third-order valence-corrected chi connectivity index (χ3v) is 6.88. The summed E-state index contributed by atoms with van der Waals surface area (Å²) >= 11 is 13.7. The molecule has 1 heterocycles. The summed E-state index contributed by atoms with van der Waals surface area (Å²) in [5, 5.41) is 8.41. The highest BCUT2D eigenvalue weighted by Gasteiger charge is 2.28. The van der Waals surface area contributed by atoms with Crippen LogP contribution in [0.4, 0.5) is 0 Å². The van der Waals surface area contributed by atoms with Gasteiger partial charge in [0.25, 0.3) is 0 Å². The SMILES string of the molecule is NC1=C(Cl)C=C(C(=O)NCCCCC(C(=O)NCC=O)C2CCC=CS2)CC=C1Cl. The van der Waals surface area contributed by atoms with Crippen LogP contribution in [-0.4, -0.2) is 36.4 Å². The van der Waals surface area contributed by atoms with Gasteiger partial charge in [-0.2, -0.15) is 0 Å². The van der Waals surface area contributed by atoms with E-state index in [1.54, 1.807) is 23.9 Å². The molecule has 2 amide bonds. The van der Waals surface area contributed by atoms with E-state index in [4.69, 9.17) is 28.9 Å². The average molecular weight is 472 g/mol. The van der Waals surface area contributed by atoms with Crippen molar-refractivity contribution >= 4 is 53.1 Å². The lowest BCUT2D eigenvalue weighted by Crippen LogP contribution is -2.37. The Labute approximate surface area is 191 Å². The summed E-state index contributed by atoms with van der Waals surface area (Å²) < 4.78 is 0. The molecule has 0 fully saturated rings. The molecule has 0 bridgehead atoms. The number of aldehydes is 1. The van der Waals surface area contributed by atoms with Gasteiger partial charge in [-0.3, -0.25) is 9.59 Å². The normalized spacial score (nSPS) is 20.0. The van der Waals surface area contributed by atoms with Crippen LogP contribution in [0, 0.1) is 5.92 Å². The van der Waals surface area contributed by atoms with Crippen molar-refractivity contribution in [3.05, 3.63) is 45.0 Å². The monoisotopic (exact) mass is 471 g/mol. The Balaban J connectivity index is 1.81. The predicted molar refractivity (Wildman–Crippen MR) is 123 cm³/mol. The minimum Gasteiger partial charge on any atom is -0.396 e. The second-order valence-corrected chi connectivity index (χ2v) is 9.05. The molecule has 0 saturated carbocycles. The number of hydrogen-bond donors (Lipinski definition) is 3. The number of amides is 2. The van der Waals surface area contributed by atoms with Crippen molar-refractivity contribution in [2.75, 3.05) is 13.1 Å². The predicted octanol–water partition coefficient (Wildman–Crippen LogP) is 3.48. The van der Waals surface area contributed by atoms with Crippen molar-refractivity contribution in [1.29, 1.82) is 0 Å². The molecule has 0 aromatic carbocycles. The fourth-order valence-corrected chi connectivity index (χ4v) is 4.92. The first-order valence-corrected chi connectivity index (χ1v) is 11.7. The van der Waals surface area contributed by atoms with Crippen LogP contribution in [-0.2, 0) is 14.4 Å². The first-order valence-electron chi connectivity index (χ1n) is 9.96. The van der Waals surface area contributed by atoms with E-state index in [1.807, 2.05) is 5.41 Å². The van der Waals surface area contributed by atoms with Gasteiger partial charge < -0.3 is 21.2 Å². The number of nitrogens with one attached hydrogen (secondary N) is 2. The van der Waals surface area contributed by atoms with Crippen LogP contribution in [0.3, 0.4) is 0 Å². The van der Waals surface area contributed by atoms with Crippen LogP contribution in [0.15, 0.2) is 45.0 Å². The van der Waals surface area contributed by atoms with Gasteiger partial charge in [-0.15, -0.1) is 11.8 Å². The Kier molecular flexibility index (Phi) is 10.5. The number of rotatable bonds is 10. The molecule has 0 radical (unpaired) electrons. The molecule has 2 rings (SSSR count). The van der Waals surface area contributed by atoms with Crippen molar-refractivity contribution < 1.29 is 14.4 Å². The van der Waals surface area contributed by atoms with Crippen molar-refractivity contribution in [2.45, 2.75) is 43.8 Å². The summed E-state index contributed by atoms with van der Waals surface area (Å²) in [7, 11) is 0. The molecule has 1 aliphatic heterocycles. The molecule has 0 aromatic rings. The number of halogens is 2. The largest absolute Gasteiger partial charge is 0.396 e. The van der Waals surface area contributed by atoms with Gasteiger partial charge in [0, 0.05) is 17.4 Å². The number of thioether (sulfide) groups is 1. The minimum atomic E-state index is -0.211. The first kappa shape index (κ1) is 24.6. The summed E-state index contributed by atoms with van der Waals surface area (Å²) in [6, 6.07) is 0. The molecule has 0 aromatic heterocycles. The second kappa shape index (κ2) is 12.9. The smallest absolute Gasteiger partial charge is 0.247 e. The molecule has 2 unspecified atom stereocenters. The lowest BCUT2D eigenvalue weighted by molar-refractivity contribution is -0.126. The highest BCUT2D eigenvalue weighted by molar-refractivity contribution is 8.02. The third-order valence-electron chi connectivity index (χ3n) is 4.95. The number of carbonyl (C=O) groups excluding carboxylic acids is 3. The van der Waals surface area contributed by atoms with Crippen LogP contribution < -0.4 is 16.4 Å². The summed E-state index contributed by atoms with van der Waals surface area (Å²) in [6.45, 7) is 0.526. The van der Waals surface area contributed by atoms with E-state index in [-0.39, 0.29) is 40.3 Å². The number of hydrogen-bond acceptors (Lipinski definition) is 5. The molecule has 6 nitrogen and oxygen atoms in total. The number of carbonyl (C=O) groups is 3. The van der Waals surface area contributed by atoms with Crippen LogP contribution in [0.2, 0.25) is 0 Å². The molecule has 9 heteroatoms. The highest BCUT2D eigenvalue weighted by Crippen LogP contribution is 2.32. The van der Waals surface area contributed by atoms with E-state index in [1.165, 1.54) is 0 Å². The van der Waals surface area contributed by atoms with Gasteiger partial charge in [-0.25, -0.2) is 0 Å². The molecule has 2 atom stereocenters. The van der Waals surface area contributed by atoms with Gasteiger partial charge in [-0.05, 0) is 43.6 Å². The maximum atomic E-state index is 12.5. The summed E-state index contributed by atoms with van der Waals surface area (Å²) in [4.78, 5) is 35.4. The highest BCUT2D eigenvalue weighted by atomic mass is 35.5. The molecule has 164 valence electrons. The lowest BCUT2D eigenvalue weighted by atomic mass is 9.94. The molecule has 4 N–H and O–H groups in total. The van der Waals surface area contributed by atoms with E-state index in [0.717, 1.165) is 25.7 Å². The first-order chi connectivity index (χ1) is 14.4. The molecule has 0 saturated heterocycles. The van der Waals surface area contributed by atoms with Crippen molar-refractivity contribution in [3.8, 4) is 0 Å². The Morgan fingerprint density at radius 3 is 2.80 bits per heavy atom. The van der Waals surface area contributed by atoms with Crippen molar-refractivity contribution in [1.82, 2.24) is 10.6 Å². The van der Waals surface area contributed by atoms with E-state index < -0.39 is 0 Å². The van der Waals surface area contributed by atoms with E-state index in [0.29, 0.717) is 36.3 Å². The third kappa shape index (κ3) is 7.52. The fourth-order valence-electron chi connectivity index (χ4n) is 3.28. The maximum absolute atomic E-state index is 12.5. The van der Waals surface area contributed by atoms with Gasteiger partial charge in [0.1, 0.15) is 6.29 Å². The quantitative estimate of drug-likeness (QED) is 0.334. The van der Waals surface area contributed by atoms with Crippen LogP contribution >= 0.6 is 35.0 Å². The Hall–Kier alpha value is -1.70. The maximum Gasteiger partial charge on any atom is 0.247 e. The molecular weight excluding hydrogens is 445 g/mol. The summed E-state index contributed by atoms with van der Waals surface area (Å²) in [6.07, 6.45) is 10.5. The van der Waals surface area contributed by atoms with E-state index in [2.05, 4.69) is 16.7 Å². The number of unbranched alkanes of at least 4 members (excludes halogenated alkanes) is 1. The zero-order chi connectivity index (χ0) is 21.9. The standard InChI is InChI=1S/C21H27Cl2N3O3S/c22-16-8-7-14(13-17(23)19(16)24)20(28)25-9-3-1-5-15(21(29)26-10-11-27)18-6-2-4-12-30-18/h4,8,11-13,15,18H,1-3,5-7,9-10,24H2,(H,25,28)(H,26,29). The van der Waals surface area contributed by atoms with Gasteiger partial charge in [0.05, 0.1) is 28.2 Å². The fraction of sp³-hybridized carbons (Fsp3) is 0.476. The summed E-state index contributed by atoms with van der Waals surface area (Å²) in [5.41, 5.74) is 6.54. The van der Waals surface area contributed by atoms with Gasteiger partial charge in [0.15, 0.2) is 0 Å². The topological polar surface area (TPSA) is 101 Å². The minimum absolute atomic E-state index is 0.0354. The number of allylic oxidation sites excluding steroid dienone is 5. The Morgan fingerprint density at radius 2 is 2.10 bits per heavy atom. The zero-order valence-corrected chi connectivity index (χ0v) is 19.0.